The fraction of sp³-hybridized carbons (Fsp3) is 0.778. The van der Waals surface area contributed by atoms with E-state index in [4.69, 9.17) is 0 Å². The lowest BCUT2D eigenvalue weighted by Crippen LogP contribution is -2.29. The van der Waals surface area contributed by atoms with E-state index in [0.29, 0.717) is 6.54 Å². The fourth-order valence-corrected chi connectivity index (χ4v) is 1.42. The van der Waals surface area contributed by atoms with E-state index in [9.17, 15) is 8.78 Å². The molecule has 0 spiro atoms. The predicted molar refractivity (Wildman–Crippen MR) is 45.4 cm³/mol. The highest BCUT2D eigenvalue weighted by Crippen LogP contribution is 2.11. The van der Waals surface area contributed by atoms with Gasteiger partial charge in [0, 0.05) is 6.54 Å². The maximum absolute atomic E-state index is 12.0. The minimum absolute atomic E-state index is 0.0796. The van der Waals surface area contributed by atoms with Crippen LogP contribution in [0.1, 0.15) is 19.8 Å². The summed E-state index contributed by atoms with van der Waals surface area (Å²) in [5.74, 6) is 0. The van der Waals surface area contributed by atoms with Crippen molar-refractivity contribution < 1.29 is 8.78 Å². The molecule has 1 rings (SSSR count). The first-order valence-electron chi connectivity index (χ1n) is 4.34. The Bertz CT molecular complexity index is 166. The molecular formula is C9H15F2N. The highest BCUT2D eigenvalue weighted by atomic mass is 19.3. The summed E-state index contributed by atoms with van der Waals surface area (Å²) in [7, 11) is 0. The van der Waals surface area contributed by atoms with E-state index in [2.05, 4.69) is 13.0 Å². The second-order valence-electron chi connectivity index (χ2n) is 3.30. The van der Waals surface area contributed by atoms with Crippen LogP contribution in [0, 0.1) is 0 Å². The molecule has 12 heavy (non-hydrogen) atoms. The van der Waals surface area contributed by atoms with Crippen LogP contribution in [-0.4, -0.2) is 31.0 Å². The van der Waals surface area contributed by atoms with Crippen molar-refractivity contribution in [1.82, 2.24) is 4.90 Å². The van der Waals surface area contributed by atoms with E-state index in [1.165, 1.54) is 5.57 Å². The predicted octanol–water partition coefficient (Wildman–Crippen LogP) is 2.29. The van der Waals surface area contributed by atoms with E-state index in [-0.39, 0.29) is 6.54 Å². The van der Waals surface area contributed by atoms with Crippen molar-refractivity contribution in [2.24, 2.45) is 0 Å². The first kappa shape index (κ1) is 9.65. The van der Waals surface area contributed by atoms with E-state index >= 15 is 0 Å². The van der Waals surface area contributed by atoms with E-state index < -0.39 is 6.43 Å². The lowest BCUT2D eigenvalue weighted by molar-refractivity contribution is 0.0942. The molecule has 0 unspecified atom stereocenters. The van der Waals surface area contributed by atoms with Gasteiger partial charge in [0.15, 0.2) is 0 Å². The van der Waals surface area contributed by atoms with Gasteiger partial charge in [-0.05, 0) is 26.3 Å². The standard InChI is InChI=1S/C9H15F2N/c1-8-3-2-5-12(6-4-8)7-9(10)11/h4,9H,2-3,5-7H2,1H3. The number of allylic oxidation sites excluding steroid dienone is 1. The lowest BCUT2D eigenvalue weighted by Gasteiger charge is -2.17. The van der Waals surface area contributed by atoms with Gasteiger partial charge in [-0.3, -0.25) is 4.90 Å². The molecule has 3 heteroatoms. The van der Waals surface area contributed by atoms with Crippen LogP contribution >= 0.6 is 0 Å². The summed E-state index contributed by atoms with van der Waals surface area (Å²) >= 11 is 0. The summed E-state index contributed by atoms with van der Waals surface area (Å²) in [6.07, 6.45) is 1.92. The average molecular weight is 175 g/mol. The van der Waals surface area contributed by atoms with Gasteiger partial charge in [-0.15, -0.1) is 0 Å². The van der Waals surface area contributed by atoms with Crippen molar-refractivity contribution in [3.8, 4) is 0 Å². The van der Waals surface area contributed by atoms with Gasteiger partial charge in [0.2, 0.25) is 0 Å². The molecule has 0 saturated carbocycles. The maximum Gasteiger partial charge on any atom is 0.251 e. The Morgan fingerprint density at radius 2 is 2.33 bits per heavy atom. The number of hydrogen-bond acceptors (Lipinski definition) is 1. The molecule has 0 N–H and O–H groups in total. The summed E-state index contributed by atoms with van der Waals surface area (Å²) in [5.41, 5.74) is 1.33. The number of alkyl halides is 2. The normalized spacial score (nSPS) is 20.8. The van der Waals surface area contributed by atoms with E-state index in [1.807, 2.05) is 0 Å². The summed E-state index contributed by atoms with van der Waals surface area (Å²) in [5, 5.41) is 0. The van der Waals surface area contributed by atoms with Crippen molar-refractivity contribution in [3.05, 3.63) is 11.6 Å². The summed E-state index contributed by atoms with van der Waals surface area (Å²) in [6.45, 7) is 3.48. The molecule has 1 aliphatic rings. The Kier molecular flexibility index (Phi) is 3.66. The molecule has 0 saturated heterocycles. The van der Waals surface area contributed by atoms with Crippen molar-refractivity contribution in [2.75, 3.05) is 19.6 Å². The van der Waals surface area contributed by atoms with Gasteiger partial charge in [-0.1, -0.05) is 11.6 Å². The highest BCUT2D eigenvalue weighted by molar-refractivity contribution is 5.01. The summed E-state index contributed by atoms with van der Waals surface area (Å²) in [4.78, 5) is 1.81. The zero-order valence-electron chi connectivity index (χ0n) is 7.39. The van der Waals surface area contributed by atoms with E-state index in [0.717, 1.165) is 19.4 Å². The zero-order chi connectivity index (χ0) is 8.97. The molecule has 0 fully saturated rings. The Hall–Kier alpha value is -0.440. The van der Waals surface area contributed by atoms with Gasteiger partial charge >= 0.3 is 0 Å². The van der Waals surface area contributed by atoms with Crippen LogP contribution in [0.25, 0.3) is 0 Å². The fourth-order valence-electron chi connectivity index (χ4n) is 1.42. The smallest absolute Gasteiger partial charge is 0.251 e. The lowest BCUT2D eigenvalue weighted by atomic mass is 10.2. The van der Waals surface area contributed by atoms with Gasteiger partial charge in [-0.25, -0.2) is 8.78 Å². The van der Waals surface area contributed by atoms with Crippen molar-refractivity contribution >= 4 is 0 Å². The average Bonchev–Trinajstić information content (AvgIpc) is 2.15. The monoisotopic (exact) mass is 175 g/mol. The number of rotatable bonds is 2. The quantitative estimate of drug-likeness (QED) is 0.582. The van der Waals surface area contributed by atoms with Crippen LogP contribution in [0.3, 0.4) is 0 Å². The molecule has 0 aromatic rings. The Balaban J connectivity index is 2.36. The second-order valence-corrected chi connectivity index (χ2v) is 3.30. The van der Waals surface area contributed by atoms with Crippen LogP contribution in [0.15, 0.2) is 11.6 Å². The molecule has 1 nitrogen and oxygen atoms in total. The molecule has 0 aromatic heterocycles. The third kappa shape index (κ3) is 3.30. The second kappa shape index (κ2) is 4.55. The van der Waals surface area contributed by atoms with Crippen molar-refractivity contribution in [1.29, 1.82) is 0 Å². The number of nitrogens with zero attached hydrogens (tertiary/aromatic N) is 1. The molecular weight excluding hydrogens is 160 g/mol. The van der Waals surface area contributed by atoms with E-state index in [1.54, 1.807) is 4.90 Å². The van der Waals surface area contributed by atoms with Crippen molar-refractivity contribution in [3.63, 3.8) is 0 Å². The summed E-state index contributed by atoms with van der Waals surface area (Å²) in [6, 6.07) is 0. The van der Waals surface area contributed by atoms with Crippen LogP contribution in [-0.2, 0) is 0 Å². The summed E-state index contributed by atoms with van der Waals surface area (Å²) < 4.78 is 24.0. The molecule has 0 radical (unpaired) electrons. The van der Waals surface area contributed by atoms with Crippen LogP contribution in [0.2, 0.25) is 0 Å². The van der Waals surface area contributed by atoms with Crippen LogP contribution in [0.5, 0.6) is 0 Å². The Morgan fingerprint density at radius 1 is 1.58 bits per heavy atom. The van der Waals surface area contributed by atoms with Gasteiger partial charge in [-0.2, -0.15) is 0 Å². The molecule has 0 atom stereocenters. The first-order chi connectivity index (χ1) is 5.68. The van der Waals surface area contributed by atoms with Gasteiger partial charge in [0.05, 0.1) is 6.54 Å². The largest absolute Gasteiger partial charge is 0.294 e. The first-order valence-corrected chi connectivity index (χ1v) is 4.34. The van der Waals surface area contributed by atoms with Gasteiger partial charge in [0.25, 0.3) is 6.43 Å². The molecule has 70 valence electrons. The maximum atomic E-state index is 12.0. The van der Waals surface area contributed by atoms with Gasteiger partial charge < -0.3 is 0 Å². The molecule has 0 amide bonds. The topological polar surface area (TPSA) is 3.24 Å². The third-order valence-electron chi connectivity index (χ3n) is 2.14. The van der Waals surface area contributed by atoms with Crippen LogP contribution < -0.4 is 0 Å². The minimum Gasteiger partial charge on any atom is -0.294 e. The molecule has 0 bridgehead atoms. The molecule has 1 aliphatic heterocycles. The van der Waals surface area contributed by atoms with Crippen LogP contribution in [0.4, 0.5) is 8.78 Å². The number of hydrogen-bond donors (Lipinski definition) is 0. The highest BCUT2D eigenvalue weighted by Gasteiger charge is 2.12. The third-order valence-corrected chi connectivity index (χ3v) is 2.14. The molecule has 0 aliphatic carbocycles. The molecule has 0 aromatic carbocycles. The molecule has 1 heterocycles. The SMILES string of the molecule is CC1=CCN(CC(F)F)CCC1. The minimum atomic E-state index is -2.20. The Morgan fingerprint density at radius 3 is 3.00 bits per heavy atom. The van der Waals surface area contributed by atoms with Crippen molar-refractivity contribution in [2.45, 2.75) is 26.2 Å². The zero-order valence-corrected chi connectivity index (χ0v) is 7.39. The van der Waals surface area contributed by atoms with Gasteiger partial charge in [0.1, 0.15) is 0 Å². The number of halogens is 2. The Labute approximate surface area is 72.1 Å².